The summed E-state index contributed by atoms with van der Waals surface area (Å²) in [5.41, 5.74) is 1.19. The van der Waals surface area contributed by atoms with E-state index in [9.17, 15) is 9.59 Å². The highest BCUT2D eigenvalue weighted by atomic mass is 16.1. The van der Waals surface area contributed by atoms with E-state index >= 15 is 0 Å². The van der Waals surface area contributed by atoms with Gasteiger partial charge < -0.3 is 0 Å². The van der Waals surface area contributed by atoms with E-state index in [0.717, 1.165) is 0 Å². The van der Waals surface area contributed by atoms with E-state index in [1.807, 2.05) is 26.0 Å². The van der Waals surface area contributed by atoms with Crippen LogP contribution in [0.25, 0.3) is 0 Å². The molecule has 78 valence electrons. The lowest BCUT2D eigenvalue weighted by Gasteiger charge is -2.08. The van der Waals surface area contributed by atoms with E-state index in [2.05, 4.69) is 0 Å². The van der Waals surface area contributed by atoms with Crippen LogP contribution in [0.2, 0.25) is 0 Å². The number of ketones is 2. The summed E-state index contributed by atoms with van der Waals surface area (Å²) in [5, 5.41) is 0. The second-order valence-corrected chi connectivity index (χ2v) is 4.31. The van der Waals surface area contributed by atoms with Gasteiger partial charge in [0.1, 0.15) is 0 Å². The molecule has 1 aromatic carbocycles. The van der Waals surface area contributed by atoms with Gasteiger partial charge in [0.05, 0.1) is 0 Å². The molecule has 15 heavy (non-hydrogen) atoms. The first kappa shape index (κ1) is 10.1. The van der Waals surface area contributed by atoms with Gasteiger partial charge in [-0.15, -0.1) is 0 Å². The summed E-state index contributed by atoms with van der Waals surface area (Å²) in [5.74, 6) is 0.104. The van der Waals surface area contributed by atoms with Gasteiger partial charge in [-0.2, -0.15) is 0 Å². The molecule has 0 bridgehead atoms. The largest absolute Gasteiger partial charge is 0.294 e. The van der Waals surface area contributed by atoms with Crippen molar-refractivity contribution in [2.75, 3.05) is 0 Å². The highest BCUT2D eigenvalue weighted by Gasteiger charge is 2.30. The highest BCUT2D eigenvalue weighted by Crippen LogP contribution is 2.27. The summed E-state index contributed by atoms with van der Waals surface area (Å²) in [6.07, 6.45) is 0.659. The molecule has 0 N–H and O–H groups in total. The Hall–Kier alpha value is -1.44. The van der Waals surface area contributed by atoms with Crippen LogP contribution in [0, 0.1) is 11.8 Å². The standard InChI is InChI=1S/C13H14O2/c1-8-7-9(2)13(15)11-6-4-3-5-10(11)12(8)14/h3-6,8-9H,7H2,1-2H3. The minimum atomic E-state index is -0.0485. The fraction of sp³-hybridized carbons (Fsp3) is 0.385. The van der Waals surface area contributed by atoms with Gasteiger partial charge in [-0.1, -0.05) is 38.1 Å². The van der Waals surface area contributed by atoms with Crippen molar-refractivity contribution in [1.29, 1.82) is 0 Å². The third-order valence-corrected chi connectivity index (χ3v) is 3.06. The number of hydrogen-bond donors (Lipinski definition) is 0. The van der Waals surface area contributed by atoms with E-state index in [-0.39, 0.29) is 23.4 Å². The number of rotatable bonds is 0. The van der Waals surface area contributed by atoms with Crippen LogP contribution in [0.5, 0.6) is 0 Å². The van der Waals surface area contributed by atoms with Crippen LogP contribution in [0.1, 0.15) is 41.0 Å². The zero-order chi connectivity index (χ0) is 11.0. The summed E-state index contributed by atoms with van der Waals surface area (Å²) < 4.78 is 0. The summed E-state index contributed by atoms with van der Waals surface area (Å²) in [4.78, 5) is 24.0. The van der Waals surface area contributed by atoms with Crippen molar-refractivity contribution in [3.8, 4) is 0 Å². The van der Waals surface area contributed by atoms with Crippen molar-refractivity contribution < 1.29 is 9.59 Å². The van der Waals surface area contributed by atoms with Crippen LogP contribution in [0.3, 0.4) is 0 Å². The molecule has 0 fully saturated rings. The molecule has 2 atom stereocenters. The average Bonchev–Trinajstić information content (AvgIpc) is 2.33. The Morgan fingerprint density at radius 2 is 1.33 bits per heavy atom. The summed E-state index contributed by atoms with van der Waals surface area (Å²) in [7, 11) is 0. The number of hydrogen-bond acceptors (Lipinski definition) is 2. The maximum atomic E-state index is 12.0. The van der Waals surface area contributed by atoms with Crippen LogP contribution in [-0.4, -0.2) is 11.6 Å². The first-order valence-corrected chi connectivity index (χ1v) is 5.28. The van der Waals surface area contributed by atoms with Gasteiger partial charge in [0.2, 0.25) is 0 Å². The SMILES string of the molecule is CC1CC(C)C(=O)c2ccccc2C1=O. The van der Waals surface area contributed by atoms with Crippen LogP contribution < -0.4 is 0 Å². The van der Waals surface area contributed by atoms with E-state index in [4.69, 9.17) is 0 Å². The normalized spacial score (nSPS) is 26.0. The summed E-state index contributed by atoms with van der Waals surface area (Å²) >= 11 is 0. The molecule has 1 aliphatic rings. The van der Waals surface area contributed by atoms with Crippen molar-refractivity contribution in [3.05, 3.63) is 35.4 Å². The first-order chi connectivity index (χ1) is 7.11. The Balaban J connectivity index is 2.59. The van der Waals surface area contributed by atoms with Crippen molar-refractivity contribution in [2.45, 2.75) is 20.3 Å². The molecule has 2 heteroatoms. The van der Waals surface area contributed by atoms with Crippen LogP contribution in [0.4, 0.5) is 0 Å². The quantitative estimate of drug-likeness (QED) is 0.606. The molecule has 0 aromatic heterocycles. The van der Waals surface area contributed by atoms with Crippen LogP contribution in [0.15, 0.2) is 24.3 Å². The minimum Gasteiger partial charge on any atom is -0.294 e. The molecular formula is C13H14O2. The van der Waals surface area contributed by atoms with Crippen molar-refractivity contribution in [2.24, 2.45) is 11.8 Å². The molecule has 2 rings (SSSR count). The number of carbonyl (C=O) groups is 2. The molecular weight excluding hydrogens is 188 g/mol. The number of carbonyl (C=O) groups excluding carboxylic acids is 2. The van der Waals surface area contributed by atoms with Gasteiger partial charge in [0.25, 0.3) is 0 Å². The number of fused-ring (bicyclic) bond motifs is 1. The maximum absolute atomic E-state index is 12.0. The molecule has 2 nitrogen and oxygen atoms in total. The zero-order valence-electron chi connectivity index (χ0n) is 8.99. The maximum Gasteiger partial charge on any atom is 0.166 e. The van der Waals surface area contributed by atoms with E-state index in [1.54, 1.807) is 12.1 Å². The first-order valence-electron chi connectivity index (χ1n) is 5.28. The van der Waals surface area contributed by atoms with Gasteiger partial charge in [-0.25, -0.2) is 0 Å². The average molecular weight is 202 g/mol. The van der Waals surface area contributed by atoms with Gasteiger partial charge in [0, 0.05) is 23.0 Å². The Bertz CT molecular complexity index is 381. The number of Topliss-reactive ketones (excluding diaryl/α,β-unsaturated/α-hetero) is 2. The number of benzene rings is 1. The Kier molecular flexibility index (Phi) is 2.43. The molecule has 1 aromatic rings. The Morgan fingerprint density at radius 1 is 0.933 bits per heavy atom. The van der Waals surface area contributed by atoms with Crippen molar-refractivity contribution in [3.63, 3.8) is 0 Å². The second-order valence-electron chi connectivity index (χ2n) is 4.31. The predicted octanol–water partition coefficient (Wildman–Crippen LogP) is 2.73. The third kappa shape index (κ3) is 1.60. The summed E-state index contributed by atoms with van der Waals surface area (Å²) in [6.45, 7) is 3.79. The molecule has 2 unspecified atom stereocenters. The van der Waals surface area contributed by atoms with Crippen LogP contribution >= 0.6 is 0 Å². The van der Waals surface area contributed by atoms with Gasteiger partial charge in [-0.05, 0) is 6.42 Å². The molecule has 0 heterocycles. The summed E-state index contributed by atoms with van der Waals surface area (Å²) in [6, 6.07) is 7.13. The van der Waals surface area contributed by atoms with Gasteiger partial charge in [-0.3, -0.25) is 9.59 Å². The third-order valence-electron chi connectivity index (χ3n) is 3.06. The Morgan fingerprint density at radius 3 is 1.73 bits per heavy atom. The zero-order valence-corrected chi connectivity index (χ0v) is 8.99. The predicted molar refractivity (Wildman–Crippen MR) is 58.0 cm³/mol. The van der Waals surface area contributed by atoms with E-state index in [1.165, 1.54) is 0 Å². The molecule has 0 spiro atoms. The molecule has 1 aliphatic carbocycles. The van der Waals surface area contributed by atoms with E-state index in [0.29, 0.717) is 17.5 Å². The topological polar surface area (TPSA) is 34.1 Å². The smallest absolute Gasteiger partial charge is 0.166 e. The van der Waals surface area contributed by atoms with Crippen molar-refractivity contribution >= 4 is 11.6 Å². The second kappa shape index (κ2) is 3.61. The monoisotopic (exact) mass is 202 g/mol. The molecule has 0 aliphatic heterocycles. The highest BCUT2D eigenvalue weighted by molar-refractivity contribution is 6.11. The lowest BCUT2D eigenvalue weighted by Crippen LogP contribution is -2.12. The van der Waals surface area contributed by atoms with Gasteiger partial charge in [0.15, 0.2) is 11.6 Å². The molecule has 0 saturated heterocycles. The lowest BCUT2D eigenvalue weighted by atomic mass is 9.94. The van der Waals surface area contributed by atoms with E-state index < -0.39 is 0 Å². The van der Waals surface area contributed by atoms with Gasteiger partial charge >= 0.3 is 0 Å². The van der Waals surface area contributed by atoms with Crippen molar-refractivity contribution in [1.82, 2.24) is 0 Å². The fourth-order valence-electron chi connectivity index (χ4n) is 2.19. The molecule has 0 saturated carbocycles. The fourth-order valence-corrected chi connectivity index (χ4v) is 2.19. The van der Waals surface area contributed by atoms with Crippen LogP contribution in [-0.2, 0) is 0 Å². The minimum absolute atomic E-state index is 0.0485. The lowest BCUT2D eigenvalue weighted by molar-refractivity contribution is 0.0895. The molecule has 0 radical (unpaired) electrons. The Labute approximate surface area is 89.3 Å². The molecule has 0 amide bonds.